The molecule has 2 aromatic rings. The van der Waals surface area contributed by atoms with E-state index in [0.717, 1.165) is 30.1 Å². The molecule has 1 N–H and O–H groups in total. The summed E-state index contributed by atoms with van der Waals surface area (Å²) in [5.74, 6) is 1.26. The fraction of sp³-hybridized carbons (Fsp3) is 0.571. The summed E-state index contributed by atoms with van der Waals surface area (Å²) in [6.07, 6.45) is 12.2. The minimum absolute atomic E-state index is 0.203. The molecule has 3 rings (SSSR count). The van der Waals surface area contributed by atoms with Crippen molar-refractivity contribution in [1.82, 2.24) is 20.1 Å². The molecule has 2 aromatic heterocycles. The maximum Gasteiger partial charge on any atom is 0.223 e. The van der Waals surface area contributed by atoms with Gasteiger partial charge < -0.3 is 5.32 Å². The van der Waals surface area contributed by atoms with Gasteiger partial charge in [0.2, 0.25) is 5.91 Å². The van der Waals surface area contributed by atoms with Gasteiger partial charge in [0.05, 0.1) is 12.2 Å². The van der Waals surface area contributed by atoms with Crippen LogP contribution in [0.25, 0.3) is 11.4 Å². The van der Waals surface area contributed by atoms with Crippen molar-refractivity contribution in [3.63, 3.8) is 0 Å². The Labute approximate surface area is 156 Å². The van der Waals surface area contributed by atoms with Crippen LogP contribution in [0.3, 0.4) is 0 Å². The third-order valence-electron chi connectivity index (χ3n) is 5.39. The van der Waals surface area contributed by atoms with Gasteiger partial charge in [-0.15, -0.1) is 0 Å². The number of pyridine rings is 1. The molecule has 1 fully saturated rings. The first-order valence-electron chi connectivity index (χ1n) is 9.99. The monoisotopic (exact) mass is 354 g/mol. The predicted molar refractivity (Wildman–Crippen MR) is 103 cm³/mol. The highest BCUT2D eigenvalue weighted by atomic mass is 16.1. The van der Waals surface area contributed by atoms with Crippen LogP contribution in [0.1, 0.15) is 51.9 Å². The molecule has 0 radical (unpaired) electrons. The Bertz CT molecular complexity index is 674. The van der Waals surface area contributed by atoms with Crippen LogP contribution in [0.5, 0.6) is 0 Å². The molecule has 1 amide bonds. The van der Waals surface area contributed by atoms with Crippen molar-refractivity contribution in [1.29, 1.82) is 0 Å². The smallest absolute Gasteiger partial charge is 0.223 e. The Morgan fingerprint density at radius 2 is 2.04 bits per heavy atom. The second-order valence-electron chi connectivity index (χ2n) is 7.33. The van der Waals surface area contributed by atoms with Gasteiger partial charge in [-0.25, -0.2) is 0 Å². The van der Waals surface area contributed by atoms with E-state index in [1.807, 2.05) is 35.1 Å². The molecule has 0 atom stereocenters. The molecule has 1 aliphatic rings. The average molecular weight is 354 g/mol. The predicted octanol–water partition coefficient (Wildman–Crippen LogP) is 4.06. The molecule has 140 valence electrons. The topological polar surface area (TPSA) is 59.8 Å². The molecule has 0 spiro atoms. The summed E-state index contributed by atoms with van der Waals surface area (Å²) in [5.41, 5.74) is 1.73. The quantitative estimate of drug-likeness (QED) is 0.778. The van der Waals surface area contributed by atoms with Crippen LogP contribution in [-0.2, 0) is 11.3 Å². The molecule has 0 bridgehead atoms. The van der Waals surface area contributed by atoms with Crippen LogP contribution < -0.4 is 5.32 Å². The third-order valence-corrected chi connectivity index (χ3v) is 5.39. The number of carbonyl (C=O) groups excluding carboxylic acids is 1. The van der Waals surface area contributed by atoms with Gasteiger partial charge >= 0.3 is 0 Å². The van der Waals surface area contributed by atoms with Crippen LogP contribution >= 0.6 is 0 Å². The zero-order valence-corrected chi connectivity index (χ0v) is 15.7. The van der Waals surface area contributed by atoms with Crippen molar-refractivity contribution < 1.29 is 4.79 Å². The highest BCUT2D eigenvalue weighted by Crippen LogP contribution is 2.31. The van der Waals surface area contributed by atoms with E-state index in [-0.39, 0.29) is 11.8 Å². The van der Waals surface area contributed by atoms with Gasteiger partial charge in [-0.05, 0) is 49.8 Å². The second-order valence-corrected chi connectivity index (χ2v) is 7.33. The average Bonchev–Trinajstić information content (AvgIpc) is 3.16. The Kier molecular flexibility index (Phi) is 6.81. The van der Waals surface area contributed by atoms with Crippen molar-refractivity contribution in [2.24, 2.45) is 11.8 Å². The van der Waals surface area contributed by atoms with Crippen molar-refractivity contribution >= 4 is 5.91 Å². The number of aromatic nitrogens is 3. The van der Waals surface area contributed by atoms with E-state index in [1.54, 1.807) is 6.20 Å². The van der Waals surface area contributed by atoms with Crippen LogP contribution in [0.2, 0.25) is 0 Å². The summed E-state index contributed by atoms with van der Waals surface area (Å²) < 4.78 is 1.87. The van der Waals surface area contributed by atoms with Crippen molar-refractivity contribution in [3.05, 3.63) is 36.7 Å². The Hall–Kier alpha value is -2.17. The number of carbonyl (C=O) groups is 1. The van der Waals surface area contributed by atoms with Gasteiger partial charge in [-0.1, -0.05) is 32.3 Å². The fourth-order valence-electron chi connectivity index (χ4n) is 3.78. The second kappa shape index (κ2) is 9.51. The summed E-state index contributed by atoms with van der Waals surface area (Å²) >= 11 is 0. The van der Waals surface area contributed by atoms with Crippen molar-refractivity contribution in [2.75, 3.05) is 6.54 Å². The molecule has 5 heteroatoms. The number of hydrogen-bond acceptors (Lipinski definition) is 3. The maximum absolute atomic E-state index is 12.4. The minimum atomic E-state index is 0.203. The summed E-state index contributed by atoms with van der Waals surface area (Å²) in [6, 6.07) is 7.76. The molecule has 0 aromatic carbocycles. The standard InChI is InChI=1S/C21H30N4O/c1-2-3-6-17-8-10-18(11-9-17)21(26)23-14-16-25-15-12-20(24-25)19-7-4-5-13-22-19/h4-5,7,12-13,15,17-18H,2-3,6,8-11,14,16H2,1H3,(H,23,26). The largest absolute Gasteiger partial charge is 0.354 e. The summed E-state index contributed by atoms with van der Waals surface area (Å²) in [6.45, 7) is 3.56. The van der Waals surface area contributed by atoms with Crippen molar-refractivity contribution in [2.45, 2.75) is 58.4 Å². The molecule has 1 aliphatic carbocycles. The van der Waals surface area contributed by atoms with E-state index in [2.05, 4.69) is 22.3 Å². The molecule has 1 saturated carbocycles. The van der Waals surface area contributed by atoms with Gasteiger partial charge in [-0.3, -0.25) is 14.5 Å². The highest BCUT2D eigenvalue weighted by molar-refractivity contribution is 5.78. The van der Waals surface area contributed by atoms with Crippen molar-refractivity contribution in [3.8, 4) is 11.4 Å². The third kappa shape index (κ3) is 5.16. The molecule has 26 heavy (non-hydrogen) atoms. The summed E-state index contributed by atoms with van der Waals surface area (Å²) in [4.78, 5) is 16.7. The molecule has 0 saturated heterocycles. The van der Waals surface area contributed by atoms with Gasteiger partial charge in [0.1, 0.15) is 5.69 Å². The molecular formula is C21H30N4O. The Morgan fingerprint density at radius 3 is 2.77 bits per heavy atom. The van der Waals surface area contributed by atoms with Gasteiger partial charge in [0.25, 0.3) is 0 Å². The lowest BCUT2D eigenvalue weighted by atomic mass is 9.79. The van der Waals surface area contributed by atoms with Crippen LogP contribution in [-0.4, -0.2) is 27.2 Å². The van der Waals surface area contributed by atoms with E-state index in [9.17, 15) is 4.79 Å². The number of amides is 1. The zero-order valence-electron chi connectivity index (χ0n) is 15.7. The first kappa shape index (κ1) is 18.6. The number of unbranched alkanes of at least 4 members (excludes halogenated alkanes) is 1. The van der Waals surface area contributed by atoms with E-state index >= 15 is 0 Å². The zero-order chi connectivity index (χ0) is 18.2. The normalized spacial score (nSPS) is 20.0. The van der Waals surface area contributed by atoms with Crippen LogP contribution in [0.15, 0.2) is 36.7 Å². The molecule has 5 nitrogen and oxygen atoms in total. The lowest BCUT2D eigenvalue weighted by Gasteiger charge is -2.27. The SMILES string of the molecule is CCCCC1CCC(C(=O)NCCn2ccc(-c3ccccn3)n2)CC1. The number of rotatable bonds is 8. The summed E-state index contributed by atoms with van der Waals surface area (Å²) in [7, 11) is 0. The maximum atomic E-state index is 12.4. The van der Waals surface area contributed by atoms with Crippen LogP contribution in [0, 0.1) is 11.8 Å². The minimum Gasteiger partial charge on any atom is -0.354 e. The van der Waals surface area contributed by atoms with E-state index < -0.39 is 0 Å². The van der Waals surface area contributed by atoms with E-state index in [0.29, 0.717) is 13.1 Å². The highest BCUT2D eigenvalue weighted by Gasteiger charge is 2.25. The van der Waals surface area contributed by atoms with E-state index in [4.69, 9.17) is 0 Å². The molecular weight excluding hydrogens is 324 g/mol. The van der Waals surface area contributed by atoms with Gasteiger partial charge in [0, 0.05) is 24.9 Å². The van der Waals surface area contributed by atoms with E-state index in [1.165, 1.54) is 32.1 Å². The lowest BCUT2D eigenvalue weighted by molar-refractivity contribution is -0.126. The number of hydrogen-bond donors (Lipinski definition) is 1. The number of nitrogens with one attached hydrogen (secondary N) is 1. The van der Waals surface area contributed by atoms with Gasteiger partial charge in [0.15, 0.2) is 0 Å². The first-order valence-corrected chi connectivity index (χ1v) is 9.99. The van der Waals surface area contributed by atoms with Crippen LogP contribution in [0.4, 0.5) is 0 Å². The molecule has 0 aliphatic heterocycles. The van der Waals surface area contributed by atoms with Gasteiger partial charge in [-0.2, -0.15) is 5.10 Å². The molecule has 0 unspecified atom stereocenters. The Balaban J connectivity index is 1.39. The lowest BCUT2D eigenvalue weighted by Crippen LogP contribution is -2.35. The summed E-state index contributed by atoms with van der Waals surface area (Å²) in [5, 5.41) is 7.62. The number of nitrogens with zero attached hydrogens (tertiary/aromatic N) is 3. The first-order chi connectivity index (χ1) is 12.8. The fourth-order valence-corrected chi connectivity index (χ4v) is 3.78. The Morgan fingerprint density at radius 1 is 1.19 bits per heavy atom. The molecule has 2 heterocycles.